The summed E-state index contributed by atoms with van der Waals surface area (Å²) < 4.78 is 10.3. The Kier molecular flexibility index (Phi) is 2.83. The Morgan fingerprint density at radius 1 is 1.54 bits per heavy atom. The molecule has 2 aliphatic rings. The standard InChI is InChI=1S/C9H17NO3/c1-12-4-7-2-3-10(7)8-5-13-6-9(8)11/h7-9,11H,2-6H2,1H3. The number of ether oxygens (including phenoxy) is 2. The van der Waals surface area contributed by atoms with Crippen LogP contribution in [0.3, 0.4) is 0 Å². The molecule has 4 nitrogen and oxygen atoms in total. The summed E-state index contributed by atoms with van der Waals surface area (Å²) in [6.07, 6.45) is 0.872. The number of rotatable bonds is 3. The molecule has 0 aromatic rings. The summed E-state index contributed by atoms with van der Waals surface area (Å²) in [4.78, 5) is 2.29. The summed E-state index contributed by atoms with van der Waals surface area (Å²) >= 11 is 0. The summed E-state index contributed by atoms with van der Waals surface area (Å²) in [7, 11) is 1.72. The highest BCUT2D eigenvalue weighted by atomic mass is 16.5. The Bertz CT molecular complexity index is 176. The fourth-order valence-corrected chi connectivity index (χ4v) is 2.12. The van der Waals surface area contributed by atoms with Crippen LogP contribution in [0.25, 0.3) is 0 Å². The van der Waals surface area contributed by atoms with Gasteiger partial charge < -0.3 is 14.6 Å². The second kappa shape index (κ2) is 3.92. The Hall–Kier alpha value is -0.160. The summed E-state index contributed by atoms with van der Waals surface area (Å²) in [6, 6.07) is 0.695. The van der Waals surface area contributed by atoms with Gasteiger partial charge in [0.05, 0.1) is 32.0 Å². The van der Waals surface area contributed by atoms with Gasteiger partial charge in [0, 0.05) is 19.7 Å². The number of aliphatic hydroxyl groups is 1. The Balaban J connectivity index is 1.86. The number of nitrogens with zero attached hydrogens (tertiary/aromatic N) is 1. The minimum atomic E-state index is -0.306. The topological polar surface area (TPSA) is 41.9 Å². The molecule has 76 valence electrons. The highest BCUT2D eigenvalue weighted by molar-refractivity contribution is 4.93. The molecule has 0 aromatic heterocycles. The van der Waals surface area contributed by atoms with Gasteiger partial charge in [-0.2, -0.15) is 0 Å². The van der Waals surface area contributed by atoms with Crippen molar-refractivity contribution in [2.24, 2.45) is 0 Å². The molecular formula is C9H17NO3. The average Bonchev–Trinajstić information content (AvgIpc) is 2.46. The second-order valence-electron chi connectivity index (χ2n) is 3.81. The van der Waals surface area contributed by atoms with E-state index in [2.05, 4.69) is 4.90 Å². The van der Waals surface area contributed by atoms with E-state index in [0.717, 1.165) is 13.2 Å². The third-order valence-electron chi connectivity index (χ3n) is 3.00. The van der Waals surface area contributed by atoms with Crippen LogP contribution in [0.1, 0.15) is 6.42 Å². The second-order valence-corrected chi connectivity index (χ2v) is 3.81. The molecule has 0 aromatic carbocycles. The van der Waals surface area contributed by atoms with Crippen molar-refractivity contribution in [2.45, 2.75) is 24.6 Å². The van der Waals surface area contributed by atoms with Gasteiger partial charge in [0.2, 0.25) is 0 Å². The van der Waals surface area contributed by atoms with Gasteiger partial charge in [-0.05, 0) is 6.42 Å². The number of likely N-dealkylation sites (tertiary alicyclic amines) is 1. The molecule has 13 heavy (non-hydrogen) atoms. The minimum Gasteiger partial charge on any atom is -0.389 e. The number of hydrogen-bond donors (Lipinski definition) is 1. The molecule has 3 unspecified atom stereocenters. The predicted octanol–water partition coefficient (Wildman–Crippen LogP) is -0.533. The minimum absolute atomic E-state index is 0.203. The van der Waals surface area contributed by atoms with Crippen LogP contribution >= 0.6 is 0 Å². The van der Waals surface area contributed by atoms with E-state index in [1.54, 1.807) is 7.11 Å². The summed E-state index contributed by atoms with van der Waals surface area (Å²) in [5.41, 5.74) is 0. The van der Waals surface area contributed by atoms with E-state index >= 15 is 0 Å². The first-order valence-electron chi connectivity index (χ1n) is 4.83. The molecule has 2 fully saturated rings. The lowest BCUT2D eigenvalue weighted by Gasteiger charge is -2.44. The molecule has 0 aliphatic carbocycles. The maximum atomic E-state index is 9.60. The van der Waals surface area contributed by atoms with Crippen molar-refractivity contribution in [3.63, 3.8) is 0 Å². The Morgan fingerprint density at radius 2 is 2.38 bits per heavy atom. The number of aliphatic hydroxyl groups excluding tert-OH is 1. The zero-order chi connectivity index (χ0) is 9.26. The molecular weight excluding hydrogens is 170 g/mol. The third kappa shape index (κ3) is 1.72. The van der Waals surface area contributed by atoms with Gasteiger partial charge in [-0.3, -0.25) is 4.90 Å². The van der Waals surface area contributed by atoms with Crippen molar-refractivity contribution in [1.29, 1.82) is 0 Å². The van der Waals surface area contributed by atoms with Gasteiger partial charge in [-0.15, -0.1) is 0 Å². The van der Waals surface area contributed by atoms with Crippen molar-refractivity contribution in [3.8, 4) is 0 Å². The van der Waals surface area contributed by atoms with Gasteiger partial charge >= 0.3 is 0 Å². The zero-order valence-corrected chi connectivity index (χ0v) is 7.98. The first-order chi connectivity index (χ1) is 6.33. The fraction of sp³-hybridized carbons (Fsp3) is 1.00. The molecule has 4 heteroatoms. The van der Waals surface area contributed by atoms with E-state index in [0.29, 0.717) is 19.3 Å². The highest BCUT2D eigenvalue weighted by Crippen LogP contribution is 2.25. The molecule has 0 amide bonds. The molecule has 3 atom stereocenters. The van der Waals surface area contributed by atoms with Crippen LogP contribution in [-0.2, 0) is 9.47 Å². The van der Waals surface area contributed by atoms with Crippen LogP contribution in [-0.4, -0.2) is 61.7 Å². The third-order valence-corrected chi connectivity index (χ3v) is 3.00. The summed E-state index contributed by atoms with van der Waals surface area (Å²) in [6.45, 7) is 2.99. The zero-order valence-electron chi connectivity index (χ0n) is 7.98. The number of methoxy groups -OCH3 is 1. The van der Waals surface area contributed by atoms with Crippen LogP contribution in [0.2, 0.25) is 0 Å². The molecule has 0 saturated carbocycles. The van der Waals surface area contributed by atoms with Crippen LogP contribution in [0.4, 0.5) is 0 Å². The van der Waals surface area contributed by atoms with Gasteiger partial charge in [0.15, 0.2) is 0 Å². The lowest BCUT2D eigenvalue weighted by molar-refractivity contribution is -0.0356. The predicted molar refractivity (Wildman–Crippen MR) is 47.6 cm³/mol. The van der Waals surface area contributed by atoms with E-state index in [9.17, 15) is 5.11 Å². The molecule has 2 rings (SSSR count). The quantitative estimate of drug-likeness (QED) is 0.645. The molecule has 1 N–H and O–H groups in total. The fourth-order valence-electron chi connectivity index (χ4n) is 2.12. The first kappa shape index (κ1) is 9.40. The normalized spacial score (nSPS) is 40.6. The molecule has 2 saturated heterocycles. The van der Waals surface area contributed by atoms with Crippen molar-refractivity contribution in [3.05, 3.63) is 0 Å². The smallest absolute Gasteiger partial charge is 0.0950 e. The molecule has 0 radical (unpaired) electrons. The van der Waals surface area contributed by atoms with E-state index < -0.39 is 0 Å². The molecule has 0 bridgehead atoms. The van der Waals surface area contributed by atoms with Crippen molar-refractivity contribution in [2.75, 3.05) is 33.5 Å². The lowest BCUT2D eigenvalue weighted by atomic mass is 9.99. The van der Waals surface area contributed by atoms with Gasteiger partial charge in [-0.1, -0.05) is 0 Å². The van der Waals surface area contributed by atoms with Crippen molar-refractivity contribution >= 4 is 0 Å². The van der Waals surface area contributed by atoms with E-state index in [1.807, 2.05) is 0 Å². The monoisotopic (exact) mass is 187 g/mol. The van der Waals surface area contributed by atoms with Crippen molar-refractivity contribution < 1.29 is 14.6 Å². The first-order valence-corrected chi connectivity index (χ1v) is 4.83. The van der Waals surface area contributed by atoms with Crippen LogP contribution in [0.5, 0.6) is 0 Å². The SMILES string of the molecule is COCC1CCN1C1COCC1O. The maximum Gasteiger partial charge on any atom is 0.0950 e. The highest BCUT2D eigenvalue weighted by Gasteiger charge is 2.40. The number of hydrogen-bond acceptors (Lipinski definition) is 4. The van der Waals surface area contributed by atoms with Gasteiger partial charge in [0.25, 0.3) is 0 Å². The molecule has 2 heterocycles. The van der Waals surface area contributed by atoms with Crippen molar-refractivity contribution in [1.82, 2.24) is 4.90 Å². The summed E-state index contributed by atoms with van der Waals surface area (Å²) in [5.74, 6) is 0. The molecule has 2 aliphatic heterocycles. The van der Waals surface area contributed by atoms with Crippen LogP contribution in [0.15, 0.2) is 0 Å². The average molecular weight is 187 g/mol. The Morgan fingerprint density at radius 3 is 2.85 bits per heavy atom. The van der Waals surface area contributed by atoms with E-state index in [-0.39, 0.29) is 12.1 Å². The van der Waals surface area contributed by atoms with Gasteiger partial charge in [-0.25, -0.2) is 0 Å². The van der Waals surface area contributed by atoms with Gasteiger partial charge in [0.1, 0.15) is 0 Å². The lowest BCUT2D eigenvalue weighted by Crippen LogP contribution is -2.58. The van der Waals surface area contributed by atoms with E-state index in [1.165, 1.54) is 6.42 Å². The Labute approximate surface area is 78.4 Å². The molecule has 0 spiro atoms. The van der Waals surface area contributed by atoms with Crippen LogP contribution in [0, 0.1) is 0 Å². The summed E-state index contributed by atoms with van der Waals surface area (Å²) in [5, 5.41) is 9.60. The van der Waals surface area contributed by atoms with E-state index in [4.69, 9.17) is 9.47 Å². The largest absolute Gasteiger partial charge is 0.389 e. The maximum absolute atomic E-state index is 9.60. The van der Waals surface area contributed by atoms with Crippen LogP contribution < -0.4 is 0 Å².